The number of aliphatic hydroxyl groups is 1. The molecule has 3 amide bonds. The van der Waals surface area contributed by atoms with E-state index in [1.165, 1.54) is 24.3 Å². The number of anilines is 2. The van der Waals surface area contributed by atoms with E-state index in [9.17, 15) is 19.1 Å². The van der Waals surface area contributed by atoms with Crippen LogP contribution in [-0.2, 0) is 17.8 Å². The van der Waals surface area contributed by atoms with E-state index in [0.717, 1.165) is 11.3 Å². The van der Waals surface area contributed by atoms with Crippen molar-refractivity contribution in [3.8, 4) is 11.5 Å². The molecular weight excluding hydrogens is 539 g/mol. The smallest absolute Gasteiger partial charge is 0.323 e. The average Bonchev–Trinajstić information content (AvgIpc) is 3.01. The third-order valence-electron chi connectivity index (χ3n) is 7.38. The first kappa shape index (κ1) is 30.8. The second-order valence-corrected chi connectivity index (χ2v) is 10.8. The number of carbonyl (C=O) groups excluding carboxylic acids is 2. The highest BCUT2D eigenvalue weighted by molar-refractivity contribution is 5.99. The summed E-state index contributed by atoms with van der Waals surface area (Å²) >= 11 is 0. The summed E-state index contributed by atoms with van der Waals surface area (Å²) in [6.45, 7) is 5.46. The summed E-state index contributed by atoms with van der Waals surface area (Å²) in [5.41, 5.74) is 2.69. The molecule has 0 saturated carbocycles. The zero-order valence-electron chi connectivity index (χ0n) is 24.5. The van der Waals surface area contributed by atoms with E-state index >= 15 is 0 Å². The SMILES string of the molecule is COc1ccc(CN(C)C[C@H]2Oc3ccc(NC(=O)Nc4ccc(F)cc4)cc3CC(=O)N([C@@H](C)CO)C[C@@H]2C)cc1. The lowest BCUT2D eigenvalue weighted by Gasteiger charge is -2.34. The number of likely N-dealkylation sites (N-methyl/N-ethyl adjacent to an activating group) is 1. The molecule has 3 N–H and O–H groups in total. The average molecular weight is 579 g/mol. The van der Waals surface area contributed by atoms with E-state index in [1.54, 1.807) is 30.2 Å². The van der Waals surface area contributed by atoms with Crippen molar-refractivity contribution in [2.45, 2.75) is 39.0 Å². The minimum atomic E-state index is -0.501. The predicted molar refractivity (Wildman–Crippen MR) is 160 cm³/mol. The Morgan fingerprint density at radius 1 is 1.12 bits per heavy atom. The normalized spacial score (nSPS) is 17.8. The van der Waals surface area contributed by atoms with E-state index in [0.29, 0.717) is 42.3 Å². The molecule has 4 rings (SSSR count). The van der Waals surface area contributed by atoms with E-state index in [1.807, 2.05) is 38.2 Å². The lowest BCUT2D eigenvalue weighted by molar-refractivity contribution is -0.134. The Balaban J connectivity index is 1.54. The third-order valence-corrected chi connectivity index (χ3v) is 7.38. The van der Waals surface area contributed by atoms with Gasteiger partial charge in [0.05, 0.1) is 26.2 Å². The molecule has 0 spiro atoms. The Labute approximate surface area is 246 Å². The molecule has 0 fully saturated rings. The Morgan fingerprint density at radius 3 is 2.45 bits per heavy atom. The van der Waals surface area contributed by atoms with Gasteiger partial charge in [0, 0.05) is 42.5 Å². The number of hydrogen-bond donors (Lipinski definition) is 3. The standard InChI is InChI=1S/C32H39FN4O5/c1-21-17-37(22(2)20-38)31(39)16-24-15-27(35-32(40)34-26-9-7-25(33)8-10-26)11-14-29(24)42-30(21)19-36(3)18-23-5-12-28(41-4)13-6-23/h5-15,21-22,30,38H,16-20H2,1-4H3,(H2,34,35,40)/t21-,22-,30+/m0/s1. The van der Waals surface area contributed by atoms with Gasteiger partial charge in [0.15, 0.2) is 0 Å². The van der Waals surface area contributed by atoms with Crippen LogP contribution in [0.1, 0.15) is 25.0 Å². The molecule has 1 aliphatic rings. The zero-order chi connectivity index (χ0) is 30.2. The summed E-state index contributed by atoms with van der Waals surface area (Å²) in [5.74, 6) is 0.809. The molecule has 3 atom stereocenters. The maximum absolute atomic E-state index is 13.5. The topological polar surface area (TPSA) is 103 Å². The summed E-state index contributed by atoms with van der Waals surface area (Å²) < 4.78 is 25.1. The molecular formula is C32H39FN4O5. The number of nitrogens with zero attached hydrogens (tertiary/aromatic N) is 2. The molecule has 0 unspecified atom stereocenters. The first-order valence-electron chi connectivity index (χ1n) is 14.0. The predicted octanol–water partition coefficient (Wildman–Crippen LogP) is 4.76. The van der Waals surface area contributed by atoms with Crippen molar-refractivity contribution in [1.82, 2.24) is 9.80 Å². The van der Waals surface area contributed by atoms with Gasteiger partial charge in [0.25, 0.3) is 0 Å². The number of methoxy groups -OCH3 is 1. The quantitative estimate of drug-likeness (QED) is 0.338. The molecule has 0 radical (unpaired) electrons. The second-order valence-electron chi connectivity index (χ2n) is 10.8. The van der Waals surface area contributed by atoms with Gasteiger partial charge in [-0.15, -0.1) is 0 Å². The Hall–Kier alpha value is -4.15. The number of hydrogen-bond acceptors (Lipinski definition) is 6. The largest absolute Gasteiger partial charge is 0.497 e. The van der Waals surface area contributed by atoms with Gasteiger partial charge in [0.2, 0.25) is 5.91 Å². The molecule has 42 heavy (non-hydrogen) atoms. The second kappa shape index (κ2) is 14.2. The number of fused-ring (bicyclic) bond motifs is 1. The van der Waals surface area contributed by atoms with Crippen LogP contribution in [0, 0.1) is 11.7 Å². The van der Waals surface area contributed by atoms with Gasteiger partial charge in [-0.25, -0.2) is 9.18 Å². The molecule has 0 aliphatic carbocycles. The van der Waals surface area contributed by atoms with Crippen molar-refractivity contribution in [3.63, 3.8) is 0 Å². The van der Waals surface area contributed by atoms with Crippen LogP contribution in [0.25, 0.3) is 0 Å². The van der Waals surface area contributed by atoms with Crippen molar-refractivity contribution in [1.29, 1.82) is 0 Å². The zero-order valence-corrected chi connectivity index (χ0v) is 24.5. The minimum Gasteiger partial charge on any atom is -0.497 e. The van der Waals surface area contributed by atoms with Crippen molar-refractivity contribution < 1.29 is 28.6 Å². The molecule has 3 aromatic rings. The maximum Gasteiger partial charge on any atom is 0.323 e. The number of amides is 3. The van der Waals surface area contributed by atoms with Gasteiger partial charge < -0.3 is 30.1 Å². The van der Waals surface area contributed by atoms with Crippen molar-refractivity contribution in [2.75, 3.05) is 44.5 Å². The molecule has 1 aliphatic heterocycles. The summed E-state index contributed by atoms with van der Waals surface area (Å²) in [6.07, 6.45) is -0.206. The Morgan fingerprint density at radius 2 is 1.79 bits per heavy atom. The van der Waals surface area contributed by atoms with Crippen LogP contribution in [0.4, 0.5) is 20.6 Å². The van der Waals surface area contributed by atoms with E-state index in [2.05, 4.69) is 22.5 Å². The fourth-order valence-corrected chi connectivity index (χ4v) is 4.97. The number of nitrogens with one attached hydrogen (secondary N) is 2. The number of rotatable bonds is 9. The number of urea groups is 1. The first-order valence-corrected chi connectivity index (χ1v) is 14.0. The lowest BCUT2D eigenvalue weighted by atomic mass is 10.0. The Bertz CT molecular complexity index is 1350. The number of benzene rings is 3. The molecule has 9 nitrogen and oxygen atoms in total. The number of ether oxygens (including phenoxy) is 2. The van der Waals surface area contributed by atoms with Gasteiger partial charge in [-0.2, -0.15) is 0 Å². The first-order chi connectivity index (χ1) is 20.1. The van der Waals surface area contributed by atoms with Crippen molar-refractivity contribution in [3.05, 3.63) is 83.7 Å². The van der Waals surface area contributed by atoms with Gasteiger partial charge in [-0.3, -0.25) is 9.69 Å². The summed E-state index contributed by atoms with van der Waals surface area (Å²) in [6, 6.07) is 17.7. The third kappa shape index (κ3) is 8.20. The summed E-state index contributed by atoms with van der Waals surface area (Å²) in [5, 5.41) is 15.3. The molecule has 10 heteroatoms. The Kier molecular flexibility index (Phi) is 10.4. The van der Waals surface area contributed by atoms with Crippen LogP contribution in [0.2, 0.25) is 0 Å². The highest BCUT2D eigenvalue weighted by Crippen LogP contribution is 2.29. The van der Waals surface area contributed by atoms with E-state index < -0.39 is 11.8 Å². The highest BCUT2D eigenvalue weighted by Gasteiger charge is 2.31. The minimum absolute atomic E-state index is 0.0356. The molecule has 3 aromatic carbocycles. The molecule has 0 saturated heterocycles. The van der Waals surface area contributed by atoms with Crippen LogP contribution < -0.4 is 20.1 Å². The molecule has 0 aromatic heterocycles. The van der Waals surface area contributed by atoms with Crippen molar-refractivity contribution >= 4 is 23.3 Å². The summed E-state index contributed by atoms with van der Waals surface area (Å²) in [7, 11) is 3.67. The van der Waals surface area contributed by atoms with Gasteiger partial charge >= 0.3 is 6.03 Å². The molecule has 1 heterocycles. The number of halogens is 1. The van der Waals surface area contributed by atoms with Crippen LogP contribution in [0.15, 0.2) is 66.7 Å². The fraction of sp³-hybridized carbons (Fsp3) is 0.375. The van der Waals surface area contributed by atoms with E-state index in [-0.39, 0.29) is 37.0 Å². The van der Waals surface area contributed by atoms with Crippen molar-refractivity contribution in [2.24, 2.45) is 5.92 Å². The summed E-state index contributed by atoms with van der Waals surface area (Å²) in [4.78, 5) is 29.9. The van der Waals surface area contributed by atoms with E-state index in [4.69, 9.17) is 9.47 Å². The van der Waals surface area contributed by atoms with Crippen LogP contribution in [0.5, 0.6) is 11.5 Å². The van der Waals surface area contributed by atoms with Gasteiger partial charge in [-0.1, -0.05) is 19.1 Å². The molecule has 224 valence electrons. The monoisotopic (exact) mass is 578 g/mol. The lowest BCUT2D eigenvalue weighted by Crippen LogP contribution is -2.47. The van der Waals surface area contributed by atoms with Gasteiger partial charge in [-0.05, 0) is 74.1 Å². The highest BCUT2D eigenvalue weighted by atomic mass is 19.1. The maximum atomic E-state index is 13.5. The van der Waals surface area contributed by atoms with Crippen LogP contribution >= 0.6 is 0 Å². The van der Waals surface area contributed by atoms with Gasteiger partial charge in [0.1, 0.15) is 23.4 Å². The number of carbonyl (C=O) groups is 2. The molecule has 0 bridgehead atoms. The number of aliphatic hydroxyl groups excluding tert-OH is 1. The van der Waals surface area contributed by atoms with Crippen LogP contribution in [-0.4, -0.2) is 72.8 Å². The van der Waals surface area contributed by atoms with Crippen LogP contribution in [0.3, 0.4) is 0 Å². The fourth-order valence-electron chi connectivity index (χ4n) is 4.97.